The monoisotopic (exact) mass is 348 g/mol. The Bertz CT molecular complexity index is 318. The van der Waals surface area contributed by atoms with Crippen molar-refractivity contribution in [2.75, 3.05) is 12.5 Å². The van der Waals surface area contributed by atoms with Crippen LogP contribution in [-0.2, 0) is 19.1 Å². The van der Waals surface area contributed by atoms with E-state index in [1.54, 1.807) is 0 Å². The summed E-state index contributed by atoms with van der Waals surface area (Å²) in [7, 11) is 0. The van der Waals surface area contributed by atoms with Gasteiger partial charge in [0.05, 0.1) is 25.6 Å². The Morgan fingerprint density at radius 2 is 1.43 bits per heavy atom. The van der Waals surface area contributed by atoms with E-state index >= 15 is 0 Å². The van der Waals surface area contributed by atoms with Crippen LogP contribution >= 0.6 is 11.6 Å². The van der Waals surface area contributed by atoms with Gasteiger partial charge >= 0.3 is 11.9 Å². The quantitative estimate of drug-likeness (QED) is 0.255. The van der Waals surface area contributed by atoms with E-state index in [1.165, 1.54) is 12.8 Å². The van der Waals surface area contributed by atoms with Crippen molar-refractivity contribution in [1.29, 1.82) is 0 Å². The number of carbonyl (C=O) groups is 2. The molecule has 0 N–H and O–H groups in total. The minimum Gasteiger partial charge on any atom is -0.466 e. The maximum Gasteiger partial charge on any atom is 0.306 e. The van der Waals surface area contributed by atoms with Gasteiger partial charge in [-0.1, -0.05) is 39.5 Å². The zero-order chi connectivity index (χ0) is 17.5. The van der Waals surface area contributed by atoms with E-state index in [0.29, 0.717) is 12.5 Å². The number of rotatable bonds is 14. The zero-order valence-corrected chi connectivity index (χ0v) is 15.7. The molecule has 0 radical (unpaired) electrons. The smallest absolute Gasteiger partial charge is 0.306 e. The lowest BCUT2D eigenvalue weighted by Gasteiger charge is -2.15. The van der Waals surface area contributed by atoms with Crippen LogP contribution in [0.1, 0.15) is 78.6 Å². The standard InChI is InChI=1S/C18H33ClO4/c1-15(2)14-16(3)23-18(21)11-10-17(20)22-13-9-7-5-4-6-8-12-19/h15-16H,4-14H2,1-3H3. The van der Waals surface area contributed by atoms with Gasteiger partial charge in [0, 0.05) is 5.88 Å². The topological polar surface area (TPSA) is 52.6 Å². The molecule has 0 amide bonds. The summed E-state index contributed by atoms with van der Waals surface area (Å²) in [4.78, 5) is 23.1. The molecule has 0 aliphatic rings. The first-order valence-corrected chi connectivity index (χ1v) is 9.40. The summed E-state index contributed by atoms with van der Waals surface area (Å²) in [5.41, 5.74) is 0. The SMILES string of the molecule is CC(C)CC(C)OC(=O)CCC(=O)OCCCCCCCCCl. The molecule has 0 heterocycles. The largest absolute Gasteiger partial charge is 0.466 e. The number of hydrogen-bond donors (Lipinski definition) is 0. The summed E-state index contributed by atoms with van der Waals surface area (Å²) in [6, 6.07) is 0. The second-order valence-electron chi connectivity index (χ2n) is 6.46. The Kier molecular flexibility index (Phi) is 14.3. The Morgan fingerprint density at radius 3 is 2.04 bits per heavy atom. The highest BCUT2D eigenvalue weighted by Gasteiger charge is 2.13. The number of unbranched alkanes of at least 4 members (excludes halogenated alkanes) is 5. The predicted molar refractivity (Wildman–Crippen MR) is 93.6 cm³/mol. The normalized spacial score (nSPS) is 12.2. The fourth-order valence-electron chi connectivity index (χ4n) is 2.36. The Labute approximate surface area is 146 Å². The van der Waals surface area contributed by atoms with Gasteiger partial charge in [0.15, 0.2) is 0 Å². The minimum atomic E-state index is -0.325. The predicted octanol–water partition coefficient (Wildman–Crippen LogP) is 4.87. The van der Waals surface area contributed by atoms with Gasteiger partial charge in [-0.05, 0) is 32.1 Å². The van der Waals surface area contributed by atoms with Gasteiger partial charge in [-0.3, -0.25) is 9.59 Å². The van der Waals surface area contributed by atoms with E-state index < -0.39 is 0 Å². The molecule has 0 fully saturated rings. The molecule has 0 saturated carbocycles. The molecule has 5 heteroatoms. The fourth-order valence-corrected chi connectivity index (χ4v) is 2.55. The Balaban J connectivity index is 3.50. The molecule has 136 valence electrons. The lowest BCUT2D eigenvalue weighted by atomic mass is 10.1. The van der Waals surface area contributed by atoms with E-state index in [9.17, 15) is 9.59 Å². The molecule has 4 nitrogen and oxygen atoms in total. The average Bonchev–Trinajstić information content (AvgIpc) is 2.47. The van der Waals surface area contributed by atoms with Crippen molar-refractivity contribution in [3.63, 3.8) is 0 Å². The van der Waals surface area contributed by atoms with Gasteiger partial charge in [0.25, 0.3) is 0 Å². The molecular weight excluding hydrogens is 316 g/mol. The molecule has 0 rings (SSSR count). The molecular formula is C18H33ClO4. The van der Waals surface area contributed by atoms with Crippen LogP contribution in [0.3, 0.4) is 0 Å². The molecule has 1 atom stereocenters. The third-order valence-corrected chi connectivity index (χ3v) is 3.73. The molecule has 23 heavy (non-hydrogen) atoms. The minimum absolute atomic E-state index is 0.0969. The van der Waals surface area contributed by atoms with Gasteiger partial charge in [0.1, 0.15) is 0 Å². The highest BCUT2D eigenvalue weighted by molar-refractivity contribution is 6.17. The summed E-state index contributed by atoms with van der Waals surface area (Å²) < 4.78 is 10.4. The number of alkyl halides is 1. The molecule has 0 aromatic carbocycles. The van der Waals surface area contributed by atoms with E-state index in [1.807, 2.05) is 6.92 Å². The fraction of sp³-hybridized carbons (Fsp3) is 0.889. The Morgan fingerprint density at radius 1 is 0.870 bits per heavy atom. The third-order valence-electron chi connectivity index (χ3n) is 3.46. The van der Waals surface area contributed by atoms with Gasteiger partial charge in [0.2, 0.25) is 0 Å². The van der Waals surface area contributed by atoms with E-state index in [2.05, 4.69) is 13.8 Å². The van der Waals surface area contributed by atoms with Crippen LogP contribution in [0.5, 0.6) is 0 Å². The number of esters is 2. The third kappa shape index (κ3) is 15.9. The van der Waals surface area contributed by atoms with Crippen molar-refractivity contribution in [2.24, 2.45) is 5.92 Å². The van der Waals surface area contributed by atoms with Crippen LogP contribution in [0.25, 0.3) is 0 Å². The van der Waals surface area contributed by atoms with Crippen molar-refractivity contribution in [3.8, 4) is 0 Å². The first kappa shape index (κ1) is 22.2. The van der Waals surface area contributed by atoms with Crippen LogP contribution in [0, 0.1) is 5.92 Å². The lowest BCUT2D eigenvalue weighted by Crippen LogP contribution is -2.18. The maximum atomic E-state index is 11.6. The Hall–Kier alpha value is -0.770. The van der Waals surface area contributed by atoms with Crippen molar-refractivity contribution in [3.05, 3.63) is 0 Å². The van der Waals surface area contributed by atoms with Crippen LogP contribution < -0.4 is 0 Å². The van der Waals surface area contributed by atoms with Crippen molar-refractivity contribution < 1.29 is 19.1 Å². The van der Waals surface area contributed by atoms with Crippen LogP contribution in [0.4, 0.5) is 0 Å². The molecule has 0 aliphatic carbocycles. The number of hydrogen-bond acceptors (Lipinski definition) is 4. The summed E-state index contributed by atoms with van der Waals surface area (Å²) >= 11 is 5.61. The van der Waals surface area contributed by atoms with E-state index in [-0.39, 0.29) is 30.9 Å². The second-order valence-corrected chi connectivity index (χ2v) is 6.84. The molecule has 0 spiro atoms. The molecule has 0 bridgehead atoms. The van der Waals surface area contributed by atoms with Crippen molar-refractivity contribution in [2.45, 2.75) is 84.7 Å². The van der Waals surface area contributed by atoms with Crippen LogP contribution in [0.15, 0.2) is 0 Å². The number of halogens is 1. The number of carbonyl (C=O) groups excluding carboxylic acids is 2. The van der Waals surface area contributed by atoms with Gasteiger partial charge < -0.3 is 9.47 Å². The van der Waals surface area contributed by atoms with E-state index in [4.69, 9.17) is 21.1 Å². The summed E-state index contributed by atoms with van der Waals surface area (Å²) in [6.45, 7) is 6.48. The molecule has 0 aromatic rings. The van der Waals surface area contributed by atoms with Crippen LogP contribution in [0.2, 0.25) is 0 Å². The molecule has 1 unspecified atom stereocenters. The summed E-state index contributed by atoms with van der Waals surface area (Å²) in [5.74, 6) is 0.573. The summed E-state index contributed by atoms with van der Waals surface area (Å²) in [5, 5.41) is 0. The second kappa shape index (κ2) is 14.8. The van der Waals surface area contributed by atoms with Gasteiger partial charge in [-0.2, -0.15) is 0 Å². The van der Waals surface area contributed by atoms with E-state index in [0.717, 1.165) is 38.0 Å². The highest BCUT2D eigenvalue weighted by Crippen LogP contribution is 2.09. The summed E-state index contributed by atoms with van der Waals surface area (Å²) in [6.07, 6.45) is 7.44. The lowest BCUT2D eigenvalue weighted by molar-refractivity contribution is -0.153. The first-order valence-electron chi connectivity index (χ1n) is 8.86. The van der Waals surface area contributed by atoms with Crippen LogP contribution in [-0.4, -0.2) is 30.5 Å². The zero-order valence-electron chi connectivity index (χ0n) is 14.9. The highest BCUT2D eigenvalue weighted by atomic mass is 35.5. The van der Waals surface area contributed by atoms with Gasteiger partial charge in [-0.15, -0.1) is 11.6 Å². The average molecular weight is 349 g/mol. The van der Waals surface area contributed by atoms with Crippen molar-refractivity contribution in [1.82, 2.24) is 0 Å². The molecule has 0 aromatic heterocycles. The van der Waals surface area contributed by atoms with Gasteiger partial charge in [-0.25, -0.2) is 0 Å². The molecule has 0 saturated heterocycles. The first-order chi connectivity index (χ1) is 11.0. The molecule has 0 aliphatic heterocycles. The number of ether oxygens (including phenoxy) is 2. The van der Waals surface area contributed by atoms with Crippen molar-refractivity contribution >= 4 is 23.5 Å². The maximum absolute atomic E-state index is 11.6.